The highest BCUT2D eigenvalue weighted by molar-refractivity contribution is 7.09. The molecule has 0 saturated carbocycles. The third-order valence-electron chi connectivity index (χ3n) is 3.66. The molecule has 2 aromatic heterocycles. The van der Waals surface area contributed by atoms with E-state index in [9.17, 15) is 4.79 Å². The van der Waals surface area contributed by atoms with Gasteiger partial charge in [0.15, 0.2) is 0 Å². The third-order valence-corrected chi connectivity index (χ3v) is 4.49. The Balaban J connectivity index is 1.51. The number of aromatic nitrogens is 3. The van der Waals surface area contributed by atoms with Gasteiger partial charge in [-0.05, 0) is 19.8 Å². The average molecular weight is 290 g/mol. The van der Waals surface area contributed by atoms with Gasteiger partial charge in [0, 0.05) is 42.6 Å². The van der Waals surface area contributed by atoms with Crippen molar-refractivity contribution in [3.05, 3.63) is 33.8 Å². The maximum Gasteiger partial charge on any atom is 0.223 e. The quantitative estimate of drug-likeness (QED) is 0.899. The number of aryl methyl sites for hydroxylation is 2. The Morgan fingerprint density at radius 2 is 2.50 bits per heavy atom. The largest absolute Gasteiger partial charge is 0.355 e. The fourth-order valence-corrected chi connectivity index (χ4v) is 3.28. The monoisotopic (exact) mass is 290 g/mol. The van der Waals surface area contributed by atoms with Crippen LogP contribution in [0, 0.1) is 12.8 Å². The molecule has 0 spiro atoms. The normalized spacial score (nSPS) is 17.8. The first-order chi connectivity index (χ1) is 9.72. The standard InChI is InChI=1S/C14H18N4OS/c1-9-17-11-3-2-10(8-12(11)18-9)14(19)16-5-4-13-15-6-7-20-13/h6-7,10H,2-5,8H2,1H3,(H,16,19)(H,17,18). The van der Waals surface area contributed by atoms with Crippen LogP contribution < -0.4 is 5.32 Å². The van der Waals surface area contributed by atoms with Gasteiger partial charge in [-0.1, -0.05) is 0 Å². The molecule has 1 unspecified atom stereocenters. The van der Waals surface area contributed by atoms with Crippen molar-refractivity contribution in [2.75, 3.05) is 6.54 Å². The molecule has 106 valence electrons. The topological polar surface area (TPSA) is 70.7 Å². The minimum atomic E-state index is 0.0682. The minimum absolute atomic E-state index is 0.0682. The maximum atomic E-state index is 12.2. The van der Waals surface area contributed by atoms with Gasteiger partial charge in [-0.25, -0.2) is 9.97 Å². The fourth-order valence-electron chi connectivity index (χ4n) is 2.66. The summed E-state index contributed by atoms with van der Waals surface area (Å²) in [5.41, 5.74) is 2.27. The van der Waals surface area contributed by atoms with Crippen LogP contribution in [0.5, 0.6) is 0 Å². The molecule has 2 heterocycles. The van der Waals surface area contributed by atoms with Gasteiger partial charge in [0.05, 0.1) is 10.7 Å². The Bertz CT molecular complexity index is 590. The number of carbonyl (C=O) groups excluding carboxylic acids is 1. The number of amides is 1. The number of carbonyl (C=O) groups is 1. The Hall–Kier alpha value is -1.69. The Morgan fingerprint density at radius 3 is 3.30 bits per heavy atom. The lowest BCUT2D eigenvalue weighted by atomic mass is 9.89. The minimum Gasteiger partial charge on any atom is -0.355 e. The number of thiazole rings is 1. The van der Waals surface area contributed by atoms with Gasteiger partial charge < -0.3 is 10.3 Å². The molecule has 0 saturated heterocycles. The highest BCUT2D eigenvalue weighted by Crippen LogP contribution is 2.23. The zero-order chi connectivity index (χ0) is 13.9. The molecule has 1 amide bonds. The molecule has 2 aromatic rings. The van der Waals surface area contributed by atoms with E-state index in [2.05, 4.69) is 20.3 Å². The maximum absolute atomic E-state index is 12.2. The van der Waals surface area contributed by atoms with E-state index in [0.29, 0.717) is 6.54 Å². The van der Waals surface area contributed by atoms with Crippen LogP contribution in [0.4, 0.5) is 0 Å². The second-order valence-electron chi connectivity index (χ2n) is 5.15. The number of nitrogens with one attached hydrogen (secondary N) is 2. The number of imidazole rings is 1. The van der Waals surface area contributed by atoms with Crippen LogP contribution in [-0.4, -0.2) is 27.4 Å². The molecule has 0 bridgehead atoms. The third kappa shape index (κ3) is 2.90. The predicted molar refractivity (Wildman–Crippen MR) is 77.7 cm³/mol. The first kappa shape index (κ1) is 13.3. The van der Waals surface area contributed by atoms with Crippen LogP contribution in [0.3, 0.4) is 0 Å². The molecule has 1 aliphatic rings. The van der Waals surface area contributed by atoms with E-state index in [1.807, 2.05) is 12.3 Å². The number of aromatic amines is 1. The molecule has 0 aromatic carbocycles. The summed E-state index contributed by atoms with van der Waals surface area (Å²) in [6.45, 7) is 2.62. The average Bonchev–Trinajstić information content (AvgIpc) is 3.05. The van der Waals surface area contributed by atoms with E-state index in [1.165, 1.54) is 0 Å². The van der Waals surface area contributed by atoms with Crippen LogP contribution in [0.25, 0.3) is 0 Å². The van der Waals surface area contributed by atoms with Crippen molar-refractivity contribution in [2.45, 2.75) is 32.6 Å². The summed E-state index contributed by atoms with van der Waals surface area (Å²) in [6.07, 6.45) is 5.17. The fraction of sp³-hybridized carbons (Fsp3) is 0.500. The Morgan fingerprint density at radius 1 is 1.60 bits per heavy atom. The first-order valence-electron chi connectivity index (χ1n) is 6.93. The second kappa shape index (κ2) is 5.75. The number of H-pyrrole nitrogens is 1. The van der Waals surface area contributed by atoms with Gasteiger partial charge in [0.25, 0.3) is 0 Å². The number of fused-ring (bicyclic) bond motifs is 1. The van der Waals surface area contributed by atoms with Crippen molar-refractivity contribution in [1.29, 1.82) is 0 Å². The molecule has 1 aliphatic carbocycles. The van der Waals surface area contributed by atoms with Gasteiger partial charge in [-0.15, -0.1) is 11.3 Å². The summed E-state index contributed by atoms with van der Waals surface area (Å²) in [7, 11) is 0. The Labute approximate surface area is 121 Å². The molecule has 0 radical (unpaired) electrons. The summed E-state index contributed by atoms with van der Waals surface area (Å²) >= 11 is 1.63. The van der Waals surface area contributed by atoms with Gasteiger partial charge in [-0.2, -0.15) is 0 Å². The van der Waals surface area contributed by atoms with Gasteiger partial charge in [0.2, 0.25) is 5.91 Å². The highest BCUT2D eigenvalue weighted by atomic mass is 32.1. The van der Waals surface area contributed by atoms with E-state index in [4.69, 9.17) is 0 Å². The summed E-state index contributed by atoms with van der Waals surface area (Å²) in [5, 5.41) is 6.05. The van der Waals surface area contributed by atoms with Crippen LogP contribution in [-0.2, 0) is 24.1 Å². The molecule has 2 N–H and O–H groups in total. The van der Waals surface area contributed by atoms with Crippen LogP contribution in [0.2, 0.25) is 0 Å². The molecular formula is C14H18N4OS. The van der Waals surface area contributed by atoms with Crippen molar-refractivity contribution >= 4 is 17.2 Å². The lowest BCUT2D eigenvalue weighted by Gasteiger charge is -2.20. The lowest BCUT2D eigenvalue weighted by Crippen LogP contribution is -2.35. The van der Waals surface area contributed by atoms with Crippen LogP contribution >= 0.6 is 11.3 Å². The molecule has 1 atom stereocenters. The molecular weight excluding hydrogens is 272 g/mol. The number of hydrogen-bond acceptors (Lipinski definition) is 4. The number of nitrogens with zero attached hydrogens (tertiary/aromatic N) is 2. The second-order valence-corrected chi connectivity index (χ2v) is 6.13. The molecule has 6 heteroatoms. The van der Waals surface area contributed by atoms with Gasteiger partial charge in [0.1, 0.15) is 5.82 Å². The van der Waals surface area contributed by atoms with Gasteiger partial charge in [-0.3, -0.25) is 4.79 Å². The molecule has 3 rings (SSSR count). The van der Waals surface area contributed by atoms with Crippen molar-refractivity contribution in [1.82, 2.24) is 20.3 Å². The van der Waals surface area contributed by atoms with E-state index in [0.717, 1.165) is 47.9 Å². The lowest BCUT2D eigenvalue weighted by molar-refractivity contribution is -0.125. The van der Waals surface area contributed by atoms with Crippen molar-refractivity contribution in [3.63, 3.8) is 0 Å². The van der Waals surface area contributed by atoms with Crippen LogP contribution in [0.15, 0.2) is 11.6 Å². The number of rotatable bonds is 4. The highest BCUT2D eigenvalue weighted by Gasteiger charge is 2.26. The SMILES string of the molecule is Cc1nc2c([nH]1)CC(C(=O)NCCc1nccs1)CC2. The summed E-state index contributed by atoms with van der Waals surface area (Å²) < 4.78 is 0. The molecule has 20 heavy (non-hydrogen) atoms. The summed E-state index contributed by atoms with van der Waals surface area (Å²) in [5.74, 6) is 1.16. The van der Waals surface area contributed by atoms with Crippen molar-refractivity contribution in [3.8, 4) is 0 Å². The van der Waals surface area contributed by atoms with Crippen LogP contribution in [0.1, 0.15) is 28.6 Å². The van der Waals surface area contributed by atoms with E-state index in [1.54, 1.807) is 17.5 Å². The number of hydrogen-bond donors (Lipinski definition) is 2. The molecule has 5 nitrogen and oxygen atoms in total. The smallest absolute Gasteiger partial charge is 0.223 e. The van der Waals surface area contributed by atoms with Crippen molar-refractivity contribution < 1.29 is 4.79 Å². The van der Waals surface area contributed by atoms with E-state index >= 15 is 0 Å². The van der Waals surface area contributed by atoms with Crippen molar-refractivity contribution in [2.24, 2.45) is 5.92 Å². The predicted octanol–water partition coefficient (Wildman–Crippen LogP) is 1.64. The zero-order valence-corrected chi connectivity index (χ0v) is 12.3. The van der Waals surface area contributed by atoms with E-state index in [-0.39, 0.29) is 11.8 Å². The summed E-state index contributed by atoms with van der Waals surface area (Å²) in [4.78, 5) is 24.1. The van der Waals surface area contributed by atoms with E-state index < -0.39 is 0 Å². The first-order valence-corrected chi connectivity index (χ1v) is 7.81. The molecule has 0 fully saturated rings. The summed E-state index contributed by atoms with van der Waals surface area (Å²) in [6, 6.07) is 0. The zero-order valence-electron chi connectivity index (χ0n) is 11.5. The van der Waals surface area contributed by atoms with Gasteiger partial charge >= 0.3 is 0 Å². The Kier molecular flexibility index (Phi) is 3.82. The molecule has 0 aliphatic heterocycles.